The van der Waals surface area contributed by atoms with Crippen LogP contribution in [0.1, 0.15) is 28.2 Å². The Morgan fingerprint density at radius 2 is 2.03 bits per heavy atom. The molecule has 0 saturated heterocycles. The highest BCUT2D eigenvalue weighted by Gasteiger charge is 2.11. The van der Waals surface area contributed by atoms with Crippen LogP contribution in [0.15, 0.2) is 70.5 Å². The lowest BCUT2D eigenvalue weighted by molar-refractivity contribution is 0.0956. The van der Waals surface area contributed by atoms with E-state index in [2.05, 4.69) is 39.6 Å². The second-order valence-corrected chi connectivity index (χ2v) is 8.12. The van der Waals surface area contributed by atoms with Crippen molar-refractivity contribution >= 4 is 28.8 Å². The molecule has 6 nitrogen and oxygen atoms in total. The first kappa shape index (κ1) is 20.2. The lowest BCUT2D eigenvalue weighted by Crippen LogP contribution is -2.25. The molecule has 0 bridgehead atoms. The first-order chi connectivity index (χ1) is 14.7. The summed E-state index contributed by atoms with van der Waals surface area (Å²) in [6.07, 6.45) is 6.41. The summed E-state index contributed by atoms with van der Waals surface area (Å²) < 4.78 is 7.80. The summed E-state index contributed by atoms with van der Waals surface area (Å²) in [5.41, 5.74) is 3.34. The molecule has 0 atom stereocenters. The molecule has 0 aliphatic heterocycles. The van der Waals surface area contributed by atoms with Crippen molar-refractivity contribution in [3.63, 3.8) is 0 Å². The molecule has 154 valence electrons. The Morgan fingerprint density at radius 3 is 2.83 bits per heavy atom. The number of aromatic nitrogens is 3. The number of rotatable bonds is 9. The van der Waals surface area contributed by atoms with E-state index >= 15 is 0 Å². The van der Waals surface area contributed by atoms with E-state index in [-0.39, 0.29) is 5.91 Å². The third kappa shape index (κ3) is 5.10. The van der Waals surface area contributed by atoms with Gasteiger partial charge in [0.2, 0.25) is 0 Å². The fourth-order valence-corrected chi connectivity index (χ4v) is 4.00. The highest BCUT2D eigenvalue weighted by Crippen LogP contribution is 2.19. The summed E-state index contributed by atoms with van der Waals surface area (Å²) in [7, 11) is 1.96. The van der Waals surface area contributed by atoms with Gasteiger partial charge in [-0.2, -0.15) is 0 Å². The number of imidazole rings is 1. The summed E-state index contributed by atoms with van der Waals surface area (Å²) in [5.74, 6) is 1.37. The summed E-state index contributed by atoms with van der Waals surface area (Å²) in [6.45, 7) is 0.567. The lowest BCUT2D eigenvalue weighted by Gasteiger charge is -2.05. The fourth-order valence-electron chi connectivity index (χ4n) is 3.21. The van der Waals surface area contributed by atoms with Crippen LogP contribution in [-0.2, 0) is 19.9 Å². The van der Waals surface area contributed by atoms with E-state index in [1.807, 2.05) is 29.9 Å². The molecule has 0 aliphatic rings. The maximum atomic E-state index is 12.5. The number of hydrogen-bond acceptors (Lipinski definition) is 5. The van der Waals surface area contributed by atoms with Gasteiger partial charge in [0.1, 0.15) is 5.52 Å². The maximum Gasteiger partial charge on any atom is 0.251 e. The molecule has 1 amide bonds. The van der Waals surface area contributed by atoms with Gasteiger partial charge in [0, 0.05) is 43.7 Å². The van der Waals surface area contributed by atoms with Gasteiger partial charge in [0.05, 0.1) is 0 Å². The van der Waals surface area contributed by atoms with Gasteiger partial charge in [-0.25, -0.2) is 9.97 Å². The Morgan fingerprint density at radius 1 is 1.17 bits per heavy atom. The molecule has 0 radical (unpaired) electrons. The highest BCUT2D eigenvalue weighted by molar-refractivity contribution is 7.99. The van der Waals surface area contributed by atoms with Crippen LogP contribution in [0.3, 0.4) is 0 Å². The van der Waals surface area contributed by atoms with Gasteiger partial charge in [-0.05, 0) is 36.6 Å². The van der Waals surface area contributed by atoms with Crippen molar-refractivity contribution in [2.24, 2.45) is 7.05 Å². The Hall–Kier alpha value is -3.06. The minimum atomic E-state index is -0.106. The van der Waals surface area contributed by atoms with Gasteiger partial charge in [-0.3, -0.25) is 4.79 Å². The third-order valence-corrected chi connectivity index (χ3v) is 5.85. The van der Waals surface area contributed by atoms with Gasteiger partial charge >= 0.3 is 0 Å². The van der Waals surface area contributed by atoms with Crippen molar-refractivity contribution in [1.29, 1.82) is 0 Å². The number of carbonyl (C=O) groups is 1. The van der Waals surface area contributed by atoms with Gasteiger partial charge in [0.15, 0.2) is 16.6 Å². The minimum Gasteiger partial charge on any atom is -0.441 e. The number of fused-ring (bicyclic) bond motifs is 1. The molecule has 0 unspecified atom stereocenters. The number of benzene rings is 2. The largest absolute Gasteiger partial charge is 0.441 e. The molecule has 0 saturated carbocycles. The van der Waals surface area contributed by atoms with Gasteiger partial charge in [-0.15, -0.1) is 0 Å². The van der Waals surface area contributed by atoms with Gasteiger partial charge in [-0.1, -0.05) is 42.1 Å². The second kappa shape index (κ2) is 9.63. The number of amides is 1. The minimum absolute atomic E-state index is 0.106. The number of oxazole rings is 1. The van der Waals surface area contributed by atoms with E-state index in [4.69, 9.17) is 4.42 Å². The van der Waals surface area contributed by atoms with Crippen molar-refractivity contribution in [2.45, 2.75) is 24.4 Å². The number of thioether (sulfide) groups is 1. The van der Waals surface area contributed by atoms with E-state index in [9.17, 15) is 4.79 Å². The van der Waals surface area contributed by atoms with E-state index in [0.717, 1.165) is 35.7 Å². The lowest BCUT2D eigenvalue weighted by atomic mass is 10.1. The van der Waals surface area contributed by atoms with E-state index < -0.39 is 0 Å². The predicted molar refractivity (Wildman–Crippen MR) is 119 cm³/mol. The Balaban J connectivity index is 1.29. The topological polar surface area (TPSA) is 73.0 Å². The number of nitrogens with zero attached hydrogens (tertiary/aromatic N) is 3. The Labute approximate surface area is 179 Å². The summed E-state index contributed by atoms with van der Waals surface area (Å²) >= 11 is 1.61. The number of carbonyl (C=O) groups excluding carboxylic acids is 1. The molecule has 0 spiro atoms. The van der Waals surface area contributed by atoms with Crippen molar-refractivity contribution in [3.8, 4) is 0 Å². The van der Waals surface area contributed by atoms with Crippen molar-refractivity contribution in [2.75, 3.05) is 12.3 Å². The van der Waals surface area contributed by atoms with Crippen LogP contribution in [0, 0.1) is 0 Å². The molecule has 2 heterocycles. The number of nitrogens with one attached hydrogen (secondary N) is 1. The van der Waals surface area contributed by atoms with Crippen LogP contribution in [0.4, 0.5) is 0 Å². The molecule has 4 aromatic rings. The van der Waals surface area contributed by atoms with E-state index in [1.54, 1.807) is 30.1 Å². The predicted octanol–water partition coefficient (Wildman–Crippen LogP) is 4.26. The van der Waals surface area contributed by atoms with Gasteiger partial charge in [0.25, 0.3) is 5.91 Å². The molecule has 4 rings (SSSR count). The first-order valence-corrected chi connectivity index (χ1v) is 11.0. The van der Waals surface area contributed by atoms with Crippen molar-refractivity contribution < 1.29 is 9.21 Å². The maximum absolute atomic E-state index is 12.5. The summed E-state index contributed by atoms with van der Waals surface area (Å²) in [5, 5.41) is 3.89. The summed E-state index contributed by atoms with van der Waals surface area (Å²) in [4.78, 5) is 21.3. The van der Waals surface area contributed by atoms with Crippen molar-refractivity contribution in [3.05, 3.63) is 77.9 Å². The third-order valence-electron chi connectivity index (χ3n) is 4.79. The standard InChI is InChI=1S/C23H24N4O2S/c1-27-14-12-25-23(27)30-15-13-24-22(28)18-10-11-20-19(16-18)26-21(29-20)9-5-8-17-6-3-2-4-7-17/h2-4,6-7,10-12,14,16H,5,8-9,13,15H2,1H3,(H,24,28). The zero-order chi connectivity index (χ0) is 20.8. The molecule has 2 aromatic carbocycles. The Kier molecular flexibility index (Phi) is 6.49. The van der Waals surface area contributed by atoms with Crippen molar-refractivity contribution in [1.82, 2.24) is 19.9 Å². The highest BCUT2D eigenvalue weighted by atomic mass is 32.2. The zero-order valence-electron chi connectivity index (χ0n) is 16.9. The Bertz CT molecular complexity index is 1120. The first-order valence-electron chi connectivity index (χ1n) is 10.0. The van der Waals surface area contributed by atoms with Crippen LogP contribution in [-0.4, -0.2) is 32.7 Å². The molecular formula is C23H24N4O2S. The molecule has 7 heteroatoms. The normalized spacial score (nSPS) is 11.1. The molecular weight excluding hydrogens is 396 g/mol. The molecule has 0 aliphatic carbocycles. The van der Waals surface area contributed by atoms with Crippen LogP contribution >= 0.6 is 11.8 Å². The quantitative estimate of drug-likeness (QED) is 0.324. The van der Waals surface area contributed by atoms with Crippen LogP contribution in [0.5, 0.6) is 0 Å². The smallest absolute Gasteiger partial charge is 0.251 e. The van der Waals surface area contributed by atoms with Gasteiger partial charge < -0.3 is 14.3 Å². The SMILES string of the molecule is Cn1ccnc1SCCNC(=O)c1ccc2oc(CCCc3ccccc3)nc2c1. The van der Waals surface area contributed by atoms with Crippen LogP contribution in [0.2, 0.25) is 0 Å². The second-order valence-electron chi connectivity index (χ2n) is 7.05. The molecule has 2 aromatic heterocycles. The average molecular weight is 421 g/mol. The number of aryl methyl sites for hydroxylation is 3. The van der Waals surface area contributed by atoms with E-state index in [1.165, 1.54) is 5.56 Å². The molecule has 30 heavy (non-hydrogen) atoms. The summed E-state index contributed by atoms with van der Waals surface area (Å²) in [6, 6.07) is 15.8. The monoisotopic (exact) mass is 420 g/mol. The number of hydrogen-bond donors (Lipinski definition) is 1. The van der Waals surface area contributed by atoms with Crippen LogP contribution < -0.4 is 5.32 Å². The van der Waals surface area contributed by atoms with Crippen LogP contribution in [0.25, 0.3) is 11.1 Å². The average Bonchev–Trinajstić information content (AvgIpc) is 3.36. The zero-order valence-corrected chi connectivity index (χ0v) is 17.7. The fraction of sp³-hybridized carbons (Fsp3) is 0.261. The van der Waals surface area contributed by atoms with E-state index in [0.29, 0.717) is 23.6 Å². The molecule has 0 fully saturated rings. The molecule has 1 N–H and O–H groups in total.